The molecule has 0 saturated carbocycles. The van der Waals surface area contributed by atoms with E-state index < -0.39 is 0 Å². The topological polar surface area (TPSA) is 38.9 Å². The smallest absolute Gasteiger partial charge is 0.114 e. The Labute approximate surface area is 85.5 Å². The maximum absolute atomic E-state index is 5.54. The molecular weight excluding hydrogens is 180 g/mol. The average Bonchev–Trinajstić information content (AvgIpc) is 2.51. The number of aromatic nitrogens is 1. The van der Waals surface area contributed by atoms with E-state index in [1.807, 2.05) is 34.6 Å². The van der Waals surface area contributed by atoms with Crippen LogP contribution in [-0.4, -0.2) is 4.98 Å². The highest BCUT2D eigenvalue weighted by Crippen LogP contribution is 2.20. The van der Waals surface area contributed by atoms with Gasteiger partial charge in [0.2, 0.25) is 0 Å². The van der Waals surface area contributed by atoms with Crippen molar-refractivity contribution in [2.24, 2.45) is 0 Å². The zero-order valence-corrected chi connectivity index (χ0v) is 10.0. The summed E-state index contributed by atoms with van der Waals surface area (Å²) in [5.74, 6) is 0. The largest absolute Gasteiger partial charge is 0.389 e. The highest BCUT2D eigenvalue weighted by Gasteiger charge is 1.98. The summed E-state index contributed by atoms with van der Waals surface area (Å²) in [5.41, 5.74) is 6.34. The maximum Gasteiger partial charge on any atom is 0.114 e. The standard InChI is InChI=1S/C6H8N2S.2C2H6/c1-3-5-6(7)9-4(2)8-5;2*1-2/h3H,1,7H2,2H3;2*1-2H3. The van der Waals surface area contributed by atoms with E-state index in [2.05, 4.69) is 11.6 Å². The number of nitrogens with zero attached hydrogens (tertiary/aromatic N) is 1. The monoisotopic (exact) mass is 200 g/mol. The third-order valence-corrected chi connectivity index (χ3v) is 1.80. The molecule has 0 aliphatic carbocycles. The van der Waals surface area contributed by atoms with Crippen LogP contribution in [0.5, 0.6) is 0 Å². The third kappa shape index (κ3) is 5.42. The number of nitrogen functional groups attached to an aromatic ring is 1. The molecule has 1 rings (SSSR count). The Kier molecular flexibility index (Phi) is 10.5. The molecule has 0 amide bonds. The average molecular weight is 200 g/mol. The Morgan fingerprint density at radius 3 is 1.92 bits per heavy atom. The summed E-state index contributed by atoms with van der Waals surface area (Å²) < 4.78 is 0. The molecule has 2 N–H and O–H groups in total. The third-order valence-electron chi connectivity index (χ3n) is 0.981. The van der Waals surface area contributed by atoms with Crippen LogP contribution in [0.3, 0.4) is 0 Å². The van der Waals surface area contributed by atoms with Crippen LogP contribution in [0.15, 0.2) is 6.58 Å². The zero-order valence-electron chi connectivity index (χ0n) is 9.22. The van der Waals surface area contributed by atoms with E-state index in [4.69, 9.17) is 5.73 Å². The van der Waals surface area contributed by atoms with Gasteiger partial charge in [-0.05, 0) is 13.0 Å². The first kappa shape index (κ1) is 14.7. The van der Waals surface area contributed by atoms with Crippen LogP contribution in [0.1, 0.15) is 38.4 Å². The minimum absolute atomic E-state index is 0.752. The van der Waals surface area contributed by atoms with Crippen molar-refractivity contribution < 1.29 is 0 Å². The summed E-state index contributed by atoms with van der Waals surface area (Å²) in [4.78, 5) is 4.10. The first-order chi connectivity index (χ1) is 6.24. The van der Waals surface area contributed by atoms with Crippen molar-refractivity contribution in [3.8, 4) is 0 Å². The molecule has 0 unspecified atom stereocenters. The molecule has 1 aromatic heterocycles. The summed E-state index contributed by atoms with van der Waals surface area (Å²) >= 11 is 1.49. The molecule has 13 heavy (non-hydrogen) atoms. The number of nitrogens with two attached hydrogens (primary N) is 1. The molecule has 0 atom stereocenters. The normalized spacial score (nSPS) is 7.46. The lowest BCUT2D eigenvalue weighted by Gasteiger charge is -1.81. The zero-order chi connectivity index (χ0) is 10.9. The Hall–Kier alpha value is -0.830. The van der Waals surface area contributed by atoms with Crippen molar-refractivity contribution in [2.75, 3.05) is 5.73 Å². The van der Waals surface area contributed by atoms with E-state index in [1.165, 1.54) is 11.3 Å². The van der Waals surface area contributed by atoms with Crippen LogP contribution in [0.4, 0.5) is 5.00 Å². The molecule has 3 heteroatoms. The van der Waals surface area contributed by atoms with Gasteiger partial charge >= 0.3 is 0 Å². The molecule has 0 spiro atoms. The number of anilines is 1. The molecule has 0 aromatic carbocycles. The second-order valence-corrected chi connectivity index (χ2v) is 2.92. The summed E-state index contributed by atoms with van der Waals surface area (Å²) in [6.45, 7) is 13.5. The quantitative estimate of drug-likeness (QED) is 0.750. The maximum atomic E-state index is 5.54. The highest BCUT2D eigenvalue weighted by molar-refractivity contribution is 7.15. The fourth-order valence-electron chi connectivity index (χ4n) is 0.605. The van der Waals surface area contributed by atoms with Gasteiger partial charge < -0.3 is 5.73 Å². The molecule has 0 radical (unpaired) electrons. The first-order valence-corrected chi connectivity index (χ1v) is 5.41. The van der Waals surface area contributed by atoms with Gasteiger partial charge in [-0.25, -0.2) is 4.98 Å². The van der Waals surface area contributed by atoms with Gasteiger partial charge in [-0.2, -0.15) is 0 Å². The van der Waals surface area contributed by atoms with Crippen molar-refractivity contribution in [1.29, 1.82) is 0 Å². The molecule has 0 fully saturated rings. The number of rotatable bonds is 1. The van der Waals surface area contributed by atoms with Gasteiger partial charge in [0.25, 0.3) is 0 Å². The molecular formula is C10H20N2S. The van der Waals surface area contributed by atoms with E-state index >= 15 is 0 Å². The number of aryl methyl sites for hydroxylation is 1. The van der Waals surface area contributed by atoms with E-state index in [1.54, 1.807) is 6.08 Å². The van der Waals surface area contributed by atoms with Crippen LogP contribution in [0.25, 0.3) is 6.08 Å². The highest BCUT2D eigenvalue weighted by atomic mass is 32.1. The van der Waals surface area contributed by atoms with Crippen molar-refractivity contribution in [2.45, 2.75) is 34.6 Å². The summed E-state index contributed by atoms with van der Waals surface area (Å²) in [6, 6.07) is 0. The molecule has 0 aliphatic heterocycles. The Morgan fingerprint density at radius 2 is 1.77 bits per heavy atom. The number of hydrogen-bond acceptors (Lipinski definition) is 3. The van der Waals surface area contributed by atoms with Crippen LogP contribution in [0.2, 0.25) is 0 Å². The lowest BCUT2D eigenvalue weighted by Crippen LogP contribution is -1.81. The predicted octanol–water partition coefficient (Wildman–Crippen LogP) is 3.73. The summed E-state index contributed by atoms with van der Waals surface area (Å²) in [5, 5.41) is 1.74. The molecule has 0 aliphatic rings. The number of thiazole rings is 1. The van der Waals surface area contributed by atoms with Crippen LogP contribution in [-0.2, 0) is 0 Å². The SMILES string of the molecule is C=Cc1nc(C)sc1N.CC.CC. The van der Waals surface area contributed by atoms with Crippen molar-refractivity contribution in [3.05, 3.63) is 17.3 Å². The molecule has 1 aromatic rings. The predicted molar refractivity (Wildman–Crippen MR) is 64.1 cm³/mol. The van der Waals surface area contributed by atoms with Crippen molar-refractivity contribution in [1.82, 2.24) is 4.98 Å². The Balaban J connectivity index is 0. The fourth-order valence-corrected chi connectivity index (χ4v) is 1.30. The van der Waals surface area contributed by atoms with E-state index in [0.29, 0.717) is 0 Å². The van der Waals surface area contributed by atoms with Gasteiger partial charge in [0.1, 0.15) is 5.00 Å². The second kappa shape index (κ2) is 9.26. The van der Waals surface area contributed by atoms with Gasteiger partial charge in [-0.1, -0.05) is 34.3 Å². The first-order valence-electron chi connectivity index (χ1n) is 4.59. The lowest BCUT2D eigenvalue weighted by atomic mass is 10.4. The van der Waals surface area contributed by atoms with Gasteiger partial charge in [0, 0.05) is 0 Å². The van der Waals surface area contributed by atoms with Gasteiger partial charge in [-0.15, -0.1) is 11.3 Å². The van der Waals surface area contributed by atoms with Gasteiger partial charge in [-0.3, -0.25) is 0 Å². The van der Waals surface area contributed by atoms with Crippen molar-refractivity contribution >= 4 is 22.4 Å². The number of hydrogen-bond donors (Lipinski definition) is 1. The molecule has 2 nitrogen and oxygen atoms in total. The summed E-state index contributed by atoms with van der Waals surface area (Å²) in [6.07, 6.45) is 1.67. The Morgan fingerprint density at radius 1 is 1.31 bits per heavy atom. The lowest BCUT2D eigenvalue weighted by molar-refractivity contribution is 1.28. The van der Waals surface area contributed by atoms with Gasteiger partial charge in [0.15, 0.2) is 0 Å². The van der Waals surface area contributed by atoms with Crippen LogP contribution in [0, 0.1) is 6.92 Å². The van der Waals surface area contributed by atoms with Crippen LogP contribution >= 0.6 is 11.3 Å². The Bertz CT molecular complexity index is 229. The van der Waals surface area contributed by atoms with Crippen LogP contribution < -0.4 is 5.73 Å². The minimum atomic E-state index is 0.752. The van der Waals surface area contributed by atoms with Gasteiger partial charge in [0.05, 0.1) is 10.7 Å². The van der Waals surface area contributed by atoms with E-state index in [-0.39, 0.29) is 0 Å². The molecule has 0 saturated heterocycles. The second-order valence-electron chi connectivity index (χ2n) is 1.69. The van der Waals surface area contributed by atoms with E-state index in [9.17, 15) is 0 Å². The summed E-state index contributed by atoms with van der Waals surface area (Å²) in [7, 11) is 0. The molecule has 1 heterocycles. The molecule has 0 bridgehead atoms. The fraction of sp³-hybridized carbons (Fsp3) is 0.500. The van der Waals surface area contributed by atoms with Crippen molar-refractivity contribution in [3.63, 3.8) is 0 Å². The molecule has 76 valence electrons. The van der Waals surface area contributed by atoms with E-state index in [0.717, 1.165) is 15.7 Å². The minimum Gasteiger partial charge on any atom is -0.389 e.